The molecule has 1 N–H and O–H groups in total. The van der Waals surface area contributed by atoms with Crippen LogP contribution in [-0.4, -0.2) is 28.8 Å². The van der Waals surface area contributed by atoms with Gasteiger partial charge in [-0.25, -0.2) is 0 Å². The molecule has 1 aliphatic heterocycles. The van der Waals surface area contributed by atoms with Gasteiger partial charge in [0.05, 0.1) is 0 Å². The Kier molecular flexibility index (Phi) is 3.11. The summed E-state index contributed by atoms with van der Waals surface area (Å²) >= 11 is 0. The Morgan fingerprint density at radius 2 is 1.83 bits per heavy atom. The van der Waals surface area contributed by atoms with E-state index in [2.05, 4.69) is 5.32 Å². The van der Waals surface area contributed by atoms with Crippen LogP contribution in [0.5, 0.6) is 0 Å². The summed E-state index contributed by atoms with van der Waals surface area (Å²) in [6, 6.07) is 8.77. The molecule has 0 spiro atoms. The molecule has 1 aliphatic rings. The average Bonchev–Trinajstić information content (AvgIpc) is 2.35. The quantitative estimate of drug-likeness (QED) is 0.859. The number of nitrogens with one attached hydrogen (secondary N) is 1. The van der Waals surface area contributed by atoms with Crippen LogP contribution in [0.3, 0.4) is 0 Å². The zero-order valence-electron chi connectivity index (χ0n) is 10.9. The van der Waals surface area contributed by atoms with E-state index < -0.39 is 11.6 Å². The van der Waals surface area contributed by atoms with Crippen LogP contribution >= 0.6 is 0 Å². The number of carbonyl (C=O) groups excluding carboxylic acids is 2. The molecule has 4 heteroatoms. The lowest BCUT2D eigenvalue weighted by atomic mass is 9.93. The number of nitrogens with zero attached hydrogens (tertiary/aromatic N) is 1. The maximum absolute atomic E-state index is 12.4. The molecule has 1 fully saturated rings. The summed E-state index contributed by atoms with van der Waals surface area (Å²) < 4.78 is 0. The van der Waals surface area contributed by atoms with Gasteiger partial charge in [0.15, 0.2) is 0 Å². The Bertz CT molecular complexity index is 468. The molecule has 0 aliphatic carbocycles. The van der Waals surface area contributed by atoms with Crippen LogP contribution in [0.15, 0.2) is 30.3 Å². The van der Waals surface area contributed by atoms with Gasteiger partial charge >= 0.3 is 0 Å². The largest absolute Gasteiger partial charge is 0.338 e. The van der Waals surface area contributed by atoms with E-state index in [9.17, 15) is 9.59 Å². The maximum atomic E-state index is 12.4. The highest BCUT2D eigenvalue weighted by molar-refractivity contribution is 5.99. The summed E-state index contributed by atoms with van der Waals surface area (Å²) in [7, 11) is 0. The minimum Gasteiger partial charge on any atom is -0.338 e. The Morgan fingerprint density at radius 1 is 1.22 bits per heavy atom. The van der Waals surface area contributed by atoms with Crippen molar-refractivity contribution in [1.82, 2.24) is 10.2 Å². The van der Waals surface area contributed by atoms with Gasteiger partial charge in [-0.1, -0.05) is 30.3 Å². The third-order valence-electron chi connectivity index (χ3n) is 3.47. The third kappa shape index (κ3) is 1.88. The molecule has 0 saturated carbocycles. The number of hydrogen-bond acceptors (Lipinski definition) is 2. The molecule has 2 rings (SSSR count). The van der Waals surface area contributed by atoms with Crippen molar-refractivity contribution in [3.63, 3.8) is 0 Å². The Labute approximate surface area is 107 Å². The molecular formula is C14H18N2O2. The first-order valence-electron chi connectivity index (χ1n) is 6.16. The normalized spacial score (nSPS) is 22.8. The number of rotatable bonds is 2. The molecule has 0 bridgehead atoms. The van der Waals surface area contributed by atoms with Crippen molar-refractivity contribution in [3.8, 4) is 0 Å². The van der Waals surface area contributed by atoms with Crippen LogP contribution in [0.1, 0.15) is 32.4 Å². The highest BCUT2D eigenvalue weighted by Crippen LogP contribution is 2.27. The Hall–Kier alpha value is -1.84. The molecule has 4 nitrogen and oxygen atoms in total. The van der Waals surface area contributed by atoms with Crippen LogP contribution in [0, 0.1) is 0 Å². The van der Waals surface area contributed by atoms with Crippen molar-refractivity contribution in [2.75, 3.05) is 6.54 Å². The molecule has 1 saturated heterocycles. The topological polar surface area (TPSA) is 49.4 Å². The van der Waals surface area contributed by atoms with E-state index in [1.807, 2.05) is 37.3 Å². The van der Waals surface area contributed by atoms with E-state index in [0.29, 0.717) is 6.54 Å². The minimum absolute atomic E-state index is 0.0479. The molecule has 96 valence electrons. The number of piperazine rings is 1. The second-order valence-corrected chi connectivity index (χ2v) is 4.96. The molecule has 0 radical (unpaired) electrons. The zero-order valence-corrected chi connectivity index (χ0v) is 10.9. The van der Waals surface area contributed by atoms with E-state index in [0.717, 1.165) is 5.56 Å². The summed E-state index contributed by atoms with van der Waals surface area (Å²) in [6.07, 6.45) is 0. The van der Waals surface area contributed by atoms with Gasteiger partial charge in [-0.3, -0.25) is 9.59 Å². The molecule has 1 unspecified atom stereocenters. The predicted octanol–water partition coefficient (Wildman–Crippen LogP) is 1.48. The van der Waals surface area contributed by atoms with Crippen molar-refractivity contribution in [2.24, 2.45) is 0 Å². The minimum atomic E-state index is -0.781. The second-order valence-electron chi connectivity index (χ2n) is 4.96. The second kappa shape index (κ2) is 4.44. The summed E-state index contributed by atoms with van der Waals surface area (Å²) in [5.74, 6) is -0.161. The lowest BCUT2D eigenvalue weighted by molar-refractivity contribution is -0.155. The van der Waals surface area contributed by atoms with Crippen LogP contribution in [0.25, 0.3) is 0 Å². The van der Waals surface area contributed by atoms with Crippen LogP contribution < -0.4 is 5.32 Å². The van der Waals surface area contributed by atoms with Gasteiger partial charge in [0.25, 0.3) is 5.91 Å². The number of hydrogen-bond donors (Lipinski definition) is 1. The monoisotopic (exact) mass is 246 g/mol. The van der Waals surface area contributed by atoms with E-state index in [4.69, 9.17) is 0 Å². The summed E-state index contributed by atoms with van der Waals surface area (Å²) in [5, 5.41) is 2.81. The average molecular weight is 246 g/mol. The SMILES string of the molecule is CCN1C(=O)C(c2ccccc2)NC(=O)C1(C)C. The summed E-state index contributed by atoms with van der Waals surface area (Å²) in [4.78, 5) is 26.2. The lowest BCUT2D eigenvalue weighted by Crippen LogP contribution is -2.65. The van der Waals surface area contributed by atoms with Gasteiger partial charge in [0.2, 0.25) is 5.91 Å². The van der Waals surface area contributed by atoms with Crippen molar-refractivity contribution in [3.05, 3.63) is 35.9 Å². The fourth-order valence-corrected chi connectivity index (χ4v) is 2.35. The Morgan fingerprint density at radius 3 is 2.39 bits per heavy atom. The number of carbonyl (C=O) groups is 2. The first kappa shape index (κ1) is 12.6. The van der Waals surface area contributed by atoms with Gasteiger partial charge in [0, 0.05) is 6.54 Å². The van der Waals surface area contributed by atoms with Crippen molar-refractivity contribution < 1.29 is 9.59 Å². The molecule has 1 atom stereocenters. The lowest BCUT2D eigenvalue weighted by Gasteiger charge is -2.43. The highest BCUT2D eigenvalue weighted by atomic mass is 16.2. The van der Waals surface area contributed by atoms with Gasteiger partial charge in [-0.2, -0.15) is 0 Å². The molecule has 1 aromatic rings. The van der Waals surface area contributed by atoms with Gasteiger partial charge in [-0.05, 0) is 26.3 Å². The molecule has 1 aromatic carbocycles. The van der Waals surface area contributed by atoms with E-state index in [1.165, 1.54) is 0 Å². The number of amides is 2. The molecule has 1 heterocycles. The van der Waals surface area contributed by atoms with Crippen LogP contribution in [0.4, 0.5) is 0 Å². The fraction of sp³-hybridized carbons (Fsp3) is 0.429. The van der Waals surface area contributed by atoms with Crippen molar-refractivity contribution in [1.29, 1.82) is 0 Å². The summed E-state index contributed by atoms with van der Waals surface area (Å²) in [6.45, 7) is 5.96. The van der Waals surface area contributed by atoms with Gasteiger partial charge in [0.1, 0.15) is 11.6 Å². The zero-order chi connectivity index (χ0) is 13.3. The molecular weight excluding hydrogens is 228 g/mol. The maximum Gasteiger partial charge on any atom is 0.250 e. The van der Waals surface area contributed by atoms with E-state index in [1.54, 1.807) is 18.7 Å². The summed E-state index contributed by atoms with van der Waals surface area (Å²) in [5.41, 5.74) is 0.0432. The van der Waals surface area contributed by atoms with Gasteiger partial charge in [-0.15, -0.1) is 0 Å². The first-order valence-corrected chi connectivity index (χ1v) is 6.16. The standard InChI is InChI=1S/C14H18N2O2/c1-4-16-12(17)11(10-8-6-5-7-9-10)15-13(18)14(16,2)3/h5-9,11H,4H2,1-3H3,(H,15,18). The molecule has 0 aromatic heterocycles. The van der Waals surface area contributed by atoms with Crippen molar-refractivity contribution >= 4 is 11.8 Å². The van der Waals surface area contributed by atoms with E-state index >= 15 is 0 Å². The van der Waals surface area contributed by atoms with Crippen molar-refractivity contribution in [2.45, 2.75) is 32.4 Å². The Balaban J connectivity index is 2.36. The van der Waals surface area contributed by atoms with Crippen LogP contribution in [0.2, 0.25) is 0 Å². The van der Waals surface area contributed by atoms with Crippen LogP contribution in [-0.2, 0) is 9.59 Å². The smallest absolute Gasteiger partial charge is 0.250 e. The van der Waals surface area contributed by atoms with Gasteiger partial charge < -0.3 is 10.2 Å². The third-order valence-corrected chi connectivity index (χ3v) is 3.47. The predicted molar refractivity (Wildman–Crippen MR) is 68.8 cm³/mol. The highest BCUT2D eigenvalue weighted by Gasteiger charge is 2.45. The molecule has 18 heavy (non-hydrogen) atoms. The number of benzene rings is 1. The van der Waals surface area contributed by atoms with E-state index in [-0.39, 0.29) is 11.8 Å². The molecule has 2 amide bonds. The first-order chi connectivity index (χ1) is 8.48. The fourth-order valence-electron chi connectivity index (χ4n) is 2.35. The number of likely N-dealkylation sites (N-methyl/N-ethyl adjacent to an activating group) is 1.